The lowest BCUT2D eigenvalue weighted by atomic mass is 9.90. The standard InChI is InChI=1S/C25H29FN4O5/c1-4-35-24(32)21-22(19-10-9-18(33-2)15-20(19)34-3)27-25(28-23(21)31)30-13-11-29(12-14-30)17-7-5-16(26)6-8-17/h5-10,15,21-22H,4,11-14H2,1-3H3,(H,27,28,31)/t21-,22+/m1/s1. The smallest absolute Gasteiger partial charge is 0.321 e. The number of methoxy groups -OCH3 is 2. The zero-order chi connectivity index (χ0) is 24.9. The molecule has 186 valence electrons. The van der Waals surface area contributed by atoms with Crippen LogP contribution in [-0.2, 0) is 14.3 Å². The molecule has 0 radical (unpaired) electrons. The fourth-order valence-electron chi connectivity index (χ4n) is 4.34. The minimum atomic E-state index is -1.15. The van der Waals surface area contributed by atoms with Crippen molar-refractivity contribution in [1.82, 2.24) is 10.2 Å². The first-order chi connectivity index (χ1) is 16.9. The van der Waals surface area contributed by atoms with Crippen molar-refractivity contribution in [3.05, 3.63) is 53.8 Å². The van der Waals surface area contributed by atoms with Crippen molar-refractivity contribution in [3.8, 4) is 11.5 Å². The molecule has 2 atom stereocenters. The van der Waals surface area contributed by atoms with Gasteiger partial charge in [-0.1, -0.05) is 0 Å². The van der Waals surface area contributed by atoms with E-state index in [1.165, 1.54) is 19.2 Å². The first-order valence-corrected chi connectivity index (χ1v) is 11.5. The van der Waals surface area contributed by atoms with Gasteiger partial charge in [0.15, 0.2) is 5.92 Å². The Hall–Kier alpha value is -3.82. The molecular weight excluding hydrogens is 455 g/mol. The number of piperazine rings is 1. The Morgan fingerprint density at radius 1 is 1.06 bits per heavy atom. The number of carbonyl (C=O) groups is 2. The zero-order valence-electron chi connectivity index (χ0n) is 20.0. The number of esters is 1. The molecule has 2 heterocycles. The van der Waals surface area contributed by atoms with Crippen LogP contribution in [0.15, 0.2) is 47.5 Å². The Morgan fingerprint density at radius 2 is 1.74 bits per heavy atom. The molecule has 9 nitrogen and oxygen atoms in total. The van der Waals surface area contributed by atoms with Crippen LogP contribution in [0.3, 0.4) is 0 Å². The van der Waals surface area contributed by atoms with Crippen molar-refractivity contribution in [2.75, 3.05) is 51.9 Å². The molecule has 1 amide bonds. The number of hydrogen-bond acceptors (Lipinski definition) is 8. The van der Waals surface area contributed by atoms with Crippen LogP contribution >= 0.6 is 0 Å². The highest BCUT2D eigenvalue weighted by Crippen LogP contribution is 2.38. The molecule has 2 aliphatic heterocycles. The maximum absolute atomic E-state index is 13.3. The van der Waals surface area contributed by atoms with Crippen LogP contribution in [0.5, 0.6) is 11.5 Å². The summed E-state index contributed by atoms with van der Waals surface area (Å²) in [5.74, 6) is -1.10. The summed E-state index contributed by atoms with van der Waals surface area (Å²) in [5.41, 5.74) is 1.52. The molecule has 1 N–H and O–H groups in total. The summed E-state index contributed by atoms with van der Waals surface area (Å²) in [5, 5.41) is 2.80. The average Bonchev–Trinajstić information content (AvgIpc) is 2.88. The van der Waals surface area contributed by atoms with Gasteiger partial charge in [-0.3, -0.25) is 14.9 Å². The molecule has 1 fully saturated rings. The molecule has 4 rings (SSSR count). The number of rotatable bonds is 6. The summed E-state index contributed by atoms with van der Waals surface area (Å²) < 4.78 is 29.3. The van der Waals surface area contributed by atoms with Gasteiger partial charge in [-0.05, 0) is 43.3 Å². The lowest BCUT2D eigenvalue weighted by Gasteiger charge is -2.39. The van der Waals surface area contributed by atoms with E-state index in [1.807, 2.05) is 4.90 Å². The largest absolute Gasteiger partial charge is 0.497 e. The predicted octanol–water partition coefficient (Wildman–Crippen LogP) is 2.37. The number of carbonyl (C=O) groups excluding carboxylic acids is 2. The molecule has 0 saturated carbocycles. The molecule has 0 unspecified atom stereocenters. The van der Waals surface area contributed by atoms with Gasteiger partial charge in [-0.15, -0.1) is 0 Å². The van der Waals surface area contributed by atoms with Crippen LogP contribution < -0.4 is 19.7 Å². The van der Waals surface area contributed by atoms with Crippen molar-refractivity contribution in [2.45, 2.75) is 13.0 Å². The van der Waals surface area contributed by atoms with E-state index in [2.05, 4.69) is 10.2 Å². The molecule has 0 aromatic heterocycles. The Morgan fingerprint density at radius 3 is 2.37 bits per heavy atom. The molecule has 0 bridgehead atoms. The molecule has 1 saturated heterocycles. The molecule has 10 heteroatoms. The zero-order valence-corrected chi connectivity index (χ0v) is 20.0. The van der Waals surface area contributed by atoms with Crippen LogP contribution in [0.25, 0.3) is 0 Å². The number of nitrogens with one attached hydrogen (secondary N) is 1. The number of anilines is 1. The van der Waals surface area contributed by atoms with Gasteiger partial charge in [0.1, 0.15) is 23.4 Å². The van der Waals surface area contributed by atoms with E-state index in [4.69, 9.17) is 19.2 Å². The van der Waals surface area contributed by atoms with Gasteiger partial charge in [-0.2, -0.15) is 0 Å². The summed E-state index contributed by atoms with van der Waals surface area (Å²) >= 11 is 0. The van der Waals surface area contributed by atoms with Crippen molar-refractivity contribution in [2.24, 2.45) is 10.9 Å². The number of aliphatic imine (C=N–C) groups is 1. The van der Waals surface area contributed by atoms with Crippen LogP contribution in [-0.4, -0.2) is 69.7 Å². The maximum Gasteiger partial charge on any atom is 0.321 e. The van der Waals surface area contributed by atoms with Gasteiger partial charge < -0.3 is 24.0 Å². The van der Waals surface area contributed by atoms with Crippen molar-refractivity contribution < 1.29 is 28.2 Å². The van der Waals surface area contributed by atoms with Gasteiger partial charge in [0, 0.05) is 43.5 Å². The lowest BCUT2D eigenvalue weighted by Crippen LogP contribution is -2.57. The molecule has 2 aromatic carbocycles. The third kappa shape index (κ3) is 5.16. The number of guanidine groups is 1. The number of benzene rings is 2. The highest BCUT2D eigenvalue weighted by Gasteiger charge is 2.43. The fourth-order valence-corrected chi connectivity index (χ4v) is 4.34. The van der Waals surface area contributed by atoms with Crippen molar-refractivity contribution in [1.29, 1.82) is 0 Å². The van der Waals surface area contributed by atoms with Gasteiger partial charge in [0.25, 0.3) is 0 Å². The number of halogens is 1. The van der Waals surface area contributed by atoms with Crippen molar-refractivity contribution in [3.63, 3.8) is 0 Å². The van der Waals surface area contributed by atoms with Gasteiger partial charge in [-0.25, -0.2) is 9.38 Å². The first-order valence-electron chi connectivity index (χ1n) is 11.5. The van der Waals surface area contributed by atoms with Gasteiger partial charge >= 0.3 is 5.97 Å². The van der Waals surface area contributed by atoms with E-state index in [1.54, 1.807) is 44.4 Å². The summed E-state index contributed by atoms with van der Waals surface area (Å²) in [7, 11) is 3.06. The fraction of sp³-hybridized carbons (Fsp3) is 0.400. The Labute approximate surface area is 203 Å². The number of ether oxygens (including phenoxy) is 3. The van der Waals surface area contributed by atoms with Gasteiger partial charge in [0.05, 0.1) is 20.8 Å². The second-order valence-corrected chi connectivity index (χ2v) is 8.17. The van der Waals surface area contributed by atoms with Crippen LogP contribution in [0.4, 0.5) is 10.1 Å². The Bertz CT molecular complexity index is 1100. The van der Waals surface area contributed by atoms with E-state index in [0.717, 1.165) is 5.69 Å². The number of nitrogens with zero attached hydrogens (tertiary/aromatic N) is 3. The van der Waals surface area contributed by atoms with E-state index >= 15 is 0 Å². The van der Waals surface area contributed by atoms with E-state index in [9.17, 15) is 14.0 Å². The van der Waals surface area contributed by atoms with Gasteiger partial charge in [0.2, 0.25) is 11.9 Å². The average molecular weight is 485 g/mol. The summed E-state index contributed by atoms with van der Waals surface area (Å²) in [4.78, 5) is 34.8. The van der Waals surface area contributed by atoms with Crippen molar-refractivity contribution >= 4 is 23.5 Å². The molecule has 2 aromatic rings. The summed E-state index contributed by atoms with van der Waals surface area (Å²) in [6.07, 6.45) is 0. The Balaban J connectivity index is 1.61. The molecular formula is C25H29FN4O5. The number of amides is 1. The topological polar surface area (TPSA) is 92.7 Å². The molecule has 0 aliphatic carbocycles. The van der Waals surface area contributed by atoms with Crippen LogP contribution in [0.2, 0.25) is 0 Å². The van der Waals surface area contributed by atoms with E-state index in [-0.39, 0.29) is 12.4 Å². The normalized spacial score (nSPS) is 20.1. The SMILES string of the molecule is CCOC(=O)[C@H]1C(=O)NC(N2CCN(c3ccc(F)cc3)CC2)=N[C@H]1c1ccc(OC)cc1OC. The van der Waals surface area contributed by atoms with Crippen LogP contribution in [0.1, 0.15) is 18.5 Å². The highest BCUT2D eigenvalue weighted by atomic mass is 19.1. The van der Waals surface area contributed by atoms with E-state index < -0.39 is 23.8 Å². The lowest BCUT2D eigenvalue weighted by molar-refractivity contribution is -0.153. The molecule has 0 spiro atoms. The summed E-state index contributed by atoms with van der Waals surface area (Å²) in [6, 6.07) is 10.7. The quantitative estimate of drug-likeness (QED) is 0.497. The monoisotopic (exact) mass is 484 g/mol. The second kappa shape index (κ2) is 10.6. The number of hydrogen-bond donors (Lipinski definition) is 1. The van der Waals surface area contributed by atoms with Crippen LogP contribution in [0, 0.1) is 11.7 Å². The minimum absolute atomic E-state index is 0.150. The minimum Gasteiger partial charge on any atom is -0.497 e. The molecule has 2 aliphatic rings. The first kappa shape index (κ1) is 24.3. The maximum atomic E-state index is 13.3. The molecule has 35 heavy (non-hydrogen) atoms. The highest BCUT2D eigenvalue weighted by molar-refractivity contribution is 6.08. The Kier molecular flexibility index (Phi) is 7.38. The summed E-state index contributed by atoms with van der Waals surface area (Å²) in [6.45, 7) is 4.35. The third-order valence-electron chi connectivity index (χ3n) is 6.17. The predicted molar refractivity (Wildman–Crippen MR) is 128 cm³/mol. The second-order valence-electron chi connectivity index (χ2n) is 8.17. The third-order valence-corrected chi connectivity index (χ3v) is 6.17. The van der Waals surface area contributed by atoms with E-state index in [0.29, 0.717) is 49.2 Å².